The Kier molecular flexibility index (Phi) is 4.38. The number of nitrogens with zero attached hydrogens (tertiary/aromatic N) is 3. The molecule has 1 heterocycles. The second-order valence-corrected chi connectivity index (χ2v) is 4.74. The topological polar surface area (TPSA) is 29.0 Å². The second kappa shape index (κ2) is 6.02. The quantitative estimate of drug-likeness (QED) is 0.785. The Morgan fingerprint density at radius 1 is 1.16 bits per heavy atom. The molecule has 0 fully saturated rings. The van der Waals surface area contributed by atoms with E-state index in [1.807, 2.05) is 25.1 Å². The lowest BCUT2D eigenvalue weighted by Crippen LogP contribution is -2.19. The van der Waals surface area contributed by atoms with Crippen molar-refractivity contribution >= 4 is 23.1 Å². The van der Waals surface area contributed by atoms with Gasteiger partial charge in [0.15, 0.2) is 0 Å². The van der Waals surface area contributed by atoms with Crippen molar-refractivity contribution in [1.82, 2.24) is 9.97 Å². The van der Waals surface area contributed by atoms with Crippen LogP contribution in [0.15, 0.2) is 30.3 Å². The summed E-state index contributed by atoms with van der Waals surface area (Å²) in [6, 6.07) is 10.1. The molecule has 100 valence electrons. The van der Waals surface area contributed by atoms with Gasteiger partial charge < -0.3 is 4.90 Å². The SMILES string of the molecule is CCc1nc(Cl)cc(N(CC)c2ccccc2C)n1. The van der Waals surface area contributed by atoms with E-state index in [0.29, 0.717) is 5.15 Å². The van der Waals surface area contributed by atoms with Gasteiger partial charge in [0.1, 0.15) is 16.8 Å². The fourth-order valence-corrected chi connectivity index (χ4v) is 2.27. The lowest BCUT2D eigenvalue weighted by Gasteiger charge is -2.24. The van der Waals surface area contributed by atoms with Crippen LogP contribution in [0.2, 0.25) is 5.15 Å². The molecule has 0 aliphatic rings. The molecule has 0 amide bonds. The first-order valence-corrected chi connectivity index (χ1v) is 6.90. The molecule has 0 spiro atoms. The number of halogens is 1. The molecule has 2 rings (SSSR count). The lowest BCUT2D eigenvalue weighted by atomic mass is 10.2. The molecule has 0 atom stereocenters. The third kappa shape index (κ3) is 3.04. The first-order chi connectivity index (χ1) is 9.15. The number of anilines is 2. The van der Waals surface area contributed by atoms with Gasteiger partial charge in [-0.25, -0.2) is 9.97 Å². The van der Waals surface area contributed by atoms with Crippen LogP contribution >= 0.6 is 11.6 Å². The third-order valence-corrected chi connectivity index (χ3v) is 3.24. The third-order valence-electron chi connectivity index (χ3n) is 3.04. The minimum absolute atomic E-state index is 0.494. The summed E-state index contributed by atoms with van der Waals surface area (Å²) in [5, 5.41) is 0.494. The van der Waals surface area contributed by atoms with Gasteiger partial charge in [0, 0.05) is 24.7 Å². The average molecular weight is 276 g/mol. The predicted molar refractivity (Wildman–Crippen MR) is 80.3 cm³/mol. The molecule has 0 saturated carbocycles. The molecule has 0 saturated heterocycles. The summed E-state index contributed by atoms with van der Waals surface area (Å²) in [5.41, 5.74) is 2.37. The van der Waals surface area contributed by atoms with Crippen molar-refractivity contribution in [2.75, 3.05) is 11.4 Å². The lowest BCUT2D eigenvalue weighted by molar-refractivity contribution is 0.901. The molecule has 0 radical (unpaired) electrons. The fourth-order valence-electron chi connectivity index (χ4n) is 2.07. The Bertz CT molecular complexity index is 569. The van der Waals surface area contributed by atoms with E-state index in [1.54, 1.807) is 0 Å². The first-order valence-electron chi connectivity index (χ1n) is 6.52. The molecule has 0 aliphatic heterocycles. The number of benzene rings is 1. The van der Waals surface area contributed by atoms with Crippen LogP contribution in [0.5, 0.6) is 0 Å². The van der Waals surface area contributed by atoms with E-state index in [1.165, 1.54) is 5.56 Å². The maximum Gasteiger partial charge on any atom is 0.138 e. The van der Waals surface area contributed by atoms with E-state index in [9.17, 15) is 0 Å². The zero-order valence-electron chi connectivity index (χ0n) is 11.5. The summed E-state index contributed by atoms with van der Waals surface area (Å²) in [4.78, 5) is 10.9. The number of rotatable bonds is 4. The molecule has 3 nitrogen and oxygen atoms in total. The van der Waals surface area contributed by atoms with Crippen molar-refractivity contribution in [2.45, 2.75) is 27.2 Å². The van der Waals surface area contributed by atoms with Gasteiger partial charge >= 0.3 is 0 Å². The van der Waals surface area contributed by atoms with Crippen molar-refractivity contribution in [3.8, 4) is 0 Å². The molecule has 19 heavy (non-hydrogen) atoms. The molecule has 4 heteroatoms. The van der Waals surface area contributed by atoms with Gasteiger partial charge in [0.2, 0.25) is 0 Å². The van der Waals surface area contributed by atoms with Crippen molar-refractivity contribution in [3.63, 3.8) is 0 Å². The first kappa shape index (κ1) is 13.8. The number of para-hydroxylation sites is 1. The van der Waals surface area contributed by atoms with E-state index in [0.717, 1.165) is 30.3 Å². The van der Waals surface area contributed by atoms with Gasteiger partial charge in [-0.3, -0.25) is 0 Å². The van der Waals surface area contributed by atoms with Gasteiger partial charge in [-0.05, 0) is 25.5 Å². The van der Waals surface area contributed by atoms with Gasteiger partial charge in [0.25, 0.3) is 0 Å². The molecule has 0 unspecified atom stereocenters. The van der Waals surface area contributed by atoms with Crippen LogP contribution in [0, 0.1) is 6.92 Å². The standard InChI is InChI=1S/C15H18ClN3/c1-4-14-17-13(16)10-15(18-14)19(5-2)12-9-7-6-8-11(12)3/h6-10H,4-5H2,1-3H3. The highest BCUT2D eigenvalue weighted by Gasteiger charge is 2.12. The molecule has 1 aromatic carbocycles. The average Bonchev–Trinajstić information content (AvgIpc) is 2.41. The van der Waals surface area contributed by atoms with Gasteiger partial charge in [-0.15, -0.1) is 0 Å². The fraction of sp³-hybridized carbons (Fsp3) is 0.333. The van der Waals surface area contributed by atoms with Gasteiger partial charge in [-0.2, -0.15) is 0 Å². The largest absolute Gasteiger partial charge is 0.326 e. The van der Waals surface area contributed by atoms with Crippen molar-refractivity contribution < 1.29 is 0 Å². The zero-order valence-corrected chi connectivity index (χ0v) is 12.3. The van der Waals surface area contributed by atoms with Gasteiger partial charge in [0.05, 0.1) is 0 Å². The van der Waals surface area contributed by atoms with E-state index in [2.05, 4.69) is 40.8 Å². The predicted octanol–water partition coefficient (Wildman–Crippen LogP) is 4.16. The van der Waals surface area contributed by atoms with Crippen molar-refractivity contribution in [1.29, 1.82) is 0 Å². The van der Waals surface area contributed by atoms with E-state index in [4.69, 9.17) is 11.6 Å². The Hall–Kier alpha value is -1.61. The van der Waals surface area contributed by atoms with Crippen LogP contribution in [0.1, 0.15) is 25.2 Å². The smallest absolute Gasteiger partial charge is 0.138 e. The number of aromatic nitrogens is 2. The summed E-state index contributed by atoms with van der Waals surface area (Å²) < 4.78 is 0. The summed E-state index contributed by atoms with van der Waals surface area (Å²) in [7, 11) is 0. The number of hydrogen-bond donors (Lipinski definition) is 0. The molecule has 0 bridgehead atoms. The van der Waals surface area contributed by atoms with Crippen LogP contribution in [0.3, 0.4) is 0 Å². The highest BCUT2D eigenvalue weighted by atomic mass is 35.5. The van der Waals surface area contributed by atoms with E-state index < -0.39 is 0 Å². The maximum atomic E-state index is 6.08. The minimum atomic E-state index is 0.494. The molecule has 0 aliphatic carbocycles. The maximum absolute atomic E-state index is 6.08. The van der Waals surface area contributed by atoms with Crippen LogP contribution in [0.4, 0.5) is 11.5 Å². The minimum Gasteiger partial charge on any atom is -0.326 e. The summed E-state index contributed by atoms with van der Waals surface area (Å²) in [5.74, 6) is 1.63. The molecular weight excluding hydrogens is 258 g/mol. The molecule has 1 aromatic heterocycles. The van der Waals surface area contributed by atoms with Crippen molar-refractivity contribution in [3.05, 3.63) is 46.9 Å². The molecule has 2 aromatic rings. The summed E-state index contributed by atoms with van der Waals surface area (Å²) in [6.45, 7) is 7.07. The highest BCUT2D eigenvalue weighted by Crippen LogP contribution is 2.27. The Balaban J connectivity index is 2.48. The van der Waals surface area contributed by atoms with E-state index >= 15 is 0 Å². The van der Waals surface area contributed by atoms with E-state index in [-0.39, 0.29) is 0 Å². The molecule has 0 N–H and O–H groups in total. The van der Waals surface area contributed by atoms with Crippen LogP contribution in [-0.4, -0.2) is 16.5 Å². The number of aryl methyl sites for hydroxylation is 2. The monoisotopic (exact) mass is 275 g/mol. The normalized spacial score (nSPS) is 10.5. The van der Waals surface area contributed by atoms with Crippen LogP contribution < -0.4 is 4.90 Å². The second-order valence-electron chi connectivity index (χ2n) is 4.35. The summed E-state index contributed by atoms with van der Waals surface area (Å²) in [6.07, 6.45) is 0.777. The number of hydrogen-bond acceptors (Lipinski definition) is 3. The van der Waals surface area contributed by atoms with Crippen LogP contribution in [0.25, 0.3) is 0 Å². The zero-order chi connectivity index (χ0) is 13.8. The summed E-state index contributed by atoms with van der Waals surface area (Å²) >= 11 is 6.08. The Labute approximate surface area is 119 Å². The van der Waals surface area contributed by atoms with Crippen molar-refractivity contribution in [2.24, 2.45) is 0 Å². The van der Waals surface area contributed by atoms with Gasteiger partial charge in [-0.1, -0.05) is 36.7 Å². The Morgan fingerprint density at radius 2 is 1.89 bits per heavy atom. The van der Waals surface area contributed by atoms with Crippen LogP contribution in [-0.2, 0) is 6.42 Å². The highest BCUT2D eigenvalue weighted by molar-refractivity contribution is 6.29. The molecular formula is C15H18ClN3. The Morgan fingerprint density at radius 3 is 2.53 bits per heavy atom.